The number of sulfonamides is 1. The molecule has 0 heterocycles. The first-order valence-corrected chi connectivity index (χ1v) is 9.10. The van der Waals surface area contributed by atoms with Gasteiger partial charge in [0, 0.05) is 13.5 Å². The van der Waals surface area contributed by atoms with Crippen LogP contribution in [0.4, 0.5) is 0 Å². The van der Waals surface area contributed by atoms with Crippen molar-refractivity contribution < 1.29 is 23.1 Å². The Morgan fingerprint density at radius 2 is 1.76 bits per heavy atom. The van der Waals surface area contributed by atoms with Crippen molar-refractivity contribution in [2.75, 3.05) is 14.2 Å². The number of rotatable bonds is 7. The Bertz CT molecular complexity index is 846. The molecular formula is C18H21NO5S. The van der Waals surface area contributed by atoms with Crippen molar-refractivity contribution in [1.82, 2.24) is 4.31 Å². The molecule has 0 aliphatic carbocycles. The van der Waals surface area contributed by atoms with Gasteiger partial charge in [-0.25, -0.2) is 8.42 Å². The second-order valence-electron chi connectivity index (χ2n) is 5.70. The third-order valence-electron chi connectivity index (χ3n) is 4.03. The summed E-state index contributed by atoms with van der Waals surface area (Å²) in [5.41, 5.74) is 1.55. The van der Waals surface area contributed by atoms with Crippen LogP contribution in [0.5, 0.6) is 5.75 Å². The molecule has 0 fully saturated rings. The standard InChI is InChI=1S/C18H21NO5S/c1-13-8-10-15(11-9-13)25(22,23)19(2)16(18(20)21)12-14-6-4-5-7-17(14)24-3/h4-11,16H,12H2,1-3H3,(H,20,21)/t16-/m0/s1. The number of carboxylic acid groups (broad SMARTS) is 1. The van der Waals surface area contributed by atoms with Crippen LogP contribution < -0.4 is 4.74 Å². The highest BCUT2D eigenvalue weighted by Gasteiger charge is 2.33. The van der Waals surface area contributed by atoms with E-state index in [2.05, 4.69) is 0 Å². The molecule has 0 amide bonds. The predicted octanol–water partition coefficient (Wildman–Crippen LogP) is 2.32. The van der Waals surface area contributed by atoms with Crippen LogP contribution in [-0.4, -0.2) is 44.0 Å². The molecule has 6 nitrogen and oxygen atoms in total. The summed E-state index contributed by atoms with van der Waals surface area (Å²) in [5, 5.41) is 9.58. The van der Waals surface area contributed by atoms with Gasteiger partial charge in [-0.3, -0.25) is 4.79 Å². The van der Waals surface area contributed by atoms with E-state index in [-0.39, 0.29) is 11.3 Å². The summed E-state index contributed by atoms with van der Waals surface area (Å²) in [5.74, 6) is -0.695. The third kappa shape index (κ3) is 4.18. The summed E-state index contributed by atoms with van der Waals surface area (Å²) >= 11 is 0. The van der Waals surface area contributed by atoms with Crippen LogP contribution in [0.1, 0.15) is 11.1 Å². The number of benzene rings is 2. The smallest absolute Gasteiger partial charge is 0.322 e. The summed E-state index contributed by atoms with van der Waals surface area (Å²) < 4.78 is 31.7. The Morgan fingerprint density at radius 3 is 2.32 bits per heavy atom. The number of aliphatic carboxylic acids is 1. The van der Waals surface area contributed by atoms with Crippen LogP contribution >= 0.6 is 0 Å². The van der Waals surface area contributed by atoms with E-state index in [9.17, 15) is 18.3 Å². The van der Waals surface area contributed by atoms with Gasteiger partial charge in [-0.05, 0) is 30.7 Å². The number of hydrogen-bond donors (Lipinski definition) is 1. The van der Waals surface area contributed by atoms with Crippen LogP contribution in [0.2, 0.25) is 0 Å². The Hall–Kier alpha value is -2.38. The topological polar surface area (TPSA) is 83.9 Å². The maximum atomic E-state index is 12.8. The zero-order valence-corrected chi connectivity index (χ0v) is 15.2. The molecule has 0 spiro atoms. The maximum Gasteiger partial charge on any atom is 0.322 e. The molecular weight excluding hydrogens is 342 g/mol. The van der Waals surface area contributed by atoms with Crippen LogP contribution in [0, 0.1) is 6.92 Å². The fourth-order valence-corrected chi connectivity index (χ4v) is 3.81. The minimum atomic E-state index is -3.93. The number of para-hydroxylation sites is 1. The van der Waals surface area contributed by atoms with Crippen molar-refractivity contribution in [2.45, 2.75) is 24.3 Å². The van der Waals surface area contributed by atoms with Crippen molar-refractivity contribution >= 4 is 16.0 Å². The van der Waals surface area contributed by atoms with Gasteiger partial charge in [0.1, 0.15) is 11.8 Å². The average Bonchev–Trinajstić information content (AvgIpc) is 2.59. The van der Waals surface area contributed by atoms with E-state index in [4.69, 9.17) is 4.74 Å². The molecule has 2 aromatic carbocycles. The summed E-state index contributed by atoms with van der Waals surface area (Å²) in [6.07, 6.45) is 0.000931. The zero-order valence-electron chi connectivity index (χ0n) is 14.3. The highest BCUT2D eigenvalue weighted by Crippen LogP contribution is 2.23. The second-order valence-corrected chi connectivity index (χ2v) is 7.70. The van der Waals surface area contributed by atoms with Gasteiger partial charge in [-0.2, -0.15) is 4.31 Å². The van der Waals surface area contributed by atoms with Crippen molar-refractivity contribution in [2.24, 2.45) is 0 Å². The second kappa shape index (κ2) is 7.67. The average molecular weight is 363 g/mol. The summed E-state index contributed by atoms with van der Waals surface area (Å²) in [6.45, 7) is 1.85. The van der Waals surface area contributed by atoms with Crippen molar-refractivity contribution in [3.8, 4) is 5.75 Å². The Balaban J connectivity index is 2.36. The van der Waals surface area contributed by atoms with E-state index in [0.717, 1.165) is 9.87 Å². The lowest BCUT2D eigenvalue weighted by Crippen LogP contribution is -2.43. The lowest BCUT2D eigenvalue weighted by atomic mass is 10.1. The molecule has 0 aliphatic heterocycles. The molecule has 1 N–H and O–H groups in total. The lowest BCUT2D eigenvalue weighted by molar-refractivity contribution is -0.141. The minimum absolute atomic E-state index is 0.000931. The number of methoxy groups -OCH3 is 1. The fourth-order valence-electron chi connectivity index (χ4n) is 2.50. The molecule has 0 unspecified atom stereocenters. The van der Waals surface area contributed by atoms with Crippen molar-refractivity contribution in [1.29, 1.82) is 0 Å². The van der Waals surface area contributed by atoms with E-state index < -0.39 is 22.0 Å². The van der Waals surface area contributed by atoms with E-state index in [0.29, 0.717) is 11.3 Å². The normalized spacial score (nSPS) is 12.8. The number of hydrogen-bond acceptors (Lipinski definition) is 4. The first-order valence-electron chi connectivity index (χ1n) is 7.66. The molecule has 0 saturated carbocycles. The number of aryl methyl sites for hydroxylation is 1. The largest absolute Gasteiger partial charge is 0.496 e. The van der Waals surface area contributed by atoms with Gasteiger partial charge in [-0.1, -0.05) is 35.9 Å². The molecule has 0 bridgehead atoms. The van der Waals surface area contributed by atoms with Gasteiger partial charge in [0.15, 0.2) is 0 Å². The number of likely N-dealkylation sites (N-methyl/N-ethyl adjacent to an activating group) is 1. The van der Waals surface area contributed by atoms with Gasteiger partial charge >= 0.3 is 5.97 Å². The van der Waals surface area contributed by atoms with Crippen LogP contribution in [-0.2, 0) is 21.2 Å². The Labute approximate surface area is 147 Å². The van der Waals surface area contributed by atoms with Crippen LogP contribution in [0.25, 0.3) is 0 Å². The van der Waals surface area contributed by atoms with Crippen molar-refractivity contribution in [3.05, 3.63) is 59.7 Å². The summed E-state index contributed by atoms with van der Waals surface area (Å²) in [6, 6.07) is 12.0. The van der Waals surface area contributed by atoms with Gasteiger partial charge < -0.3 is 9.84 Å². The van der Waals surface area contributed by atoms with Gasteiger partial charge in [-0.15, -0.1) is 0 Å². The number of ether oxygens (including phenoxy) is 1. The highest BCUT2D eigenvalue weighted by atomic mass is 32.2. The SMILES string of the molecule is COc1ccccc1C[C@@H](C(=O)O)N(C)S(=O)(=O)c1ccc(C)cc1. The molecule has 7 heteroatoms. The molecule has 0 saturated heterocycles. The quantitative estimate of drug-likeness (QED) is 0.816. The van der Waals surface area contributed by atoms with E-state index in [1.54, 1.807) is 36.4 Å². The number of carbonyl (C=O) groups is 1. The van der Waals surface area contributed by atoms with E-state index in [1.165, 1.54) is 26.3 Å². The highest BCUT2D eigenvalue weighted by molar-refractivity contribution is 7.89. The first kappa shape index (κ1) is 19.0. The monoisotopic (exact) mass is 363 g/mol. The van der Waals surface area contributed by atoms with Gasteiger partial charge in [0.25, 0.3) is 0 Å². The molecule has 25 heavy (non-hydrogen) atoms. The van der Waals surface area contributed by atoms with Gasteiger partial charge in [0.2, 0.25) is 10.0 Å². The number of nitrogens with zero attached hydrogens (tertiary/aromatic N) is 1. The lowest BCUT2D eigenvalue weighted by Gasteiger charge is -2.25. The molecule has 2 aromatic rings. The van der Waals surface area contributed by atoms with Crippen LogP contribution in [0.15, 0.2) is 53.4 Å². The molecule has 0 aromatic heterocycles. The van der Waals surface area contributed by atoms with Crippen LogP contribution in [0.3, 0.4) is 0 Å². The van der Waals surface area contributed by atoms with E-state index >= 15 is 0 Å². The Kier molecular flexibility index (Phi) is 5.81. The predicted molar refractivity (Wildman–Crippen MR) is 94.2 cm³/mol. The molecule has 0 radical (unpaired) electrons. The Morgan fingerprint density at radius 1 is 1.16 bits per heavy atom. The van der Waals surface area contributed by atoms with Crippen molar-refractivity contribution in [3.63, 3.8) is 0 Å². The number of carboxylic acids is 1. The van der Waals surface area contributed by atoms with Gasteiger partial charge in [0.05, 0.1) is 12.0 Å². The maximum absolute atomic E-state index is 12.8. The van der Waals surface area contributed by atoms with E-state index in [1.807, 2.05) is 6.92 Å². The molecule has 1 atom stereocenters. The molecule has 0 aliphatic rings. The fraction of sp³-hybridized carbons (Fsp3) is 0.278. The summed E-state index contributed by atoms with van der Waals surface area (Å²) in [7, 11) is -1.16. The first-order chi connectivity index (χ1) is 11.8. The molecule has 2 rings (SSSR count). The summed E-state index contributed by atoms with van der Waals surface area (Å²) in [4.78, 5) is 11.8. The minimum Gasteiger partial charge on any atom is -0.496 e. The third-order valence-corrected chi connectivity index (χ3v) is 5.91. The zero-order chi connectivity index (χ0) is 18.6. The molecule has 134 valence electrons.